The van der Waals surface area contributed by atoms with Gasteiger partial charge in [0.25, 0.3) is 11.8 Å². The third-order valence-corrected chi connectivity index (χ3v) is 4.05. The van der Waals surface area contributed by atoms with Crippen LogP contribution in [0.3, 0.4) is 0 Å². The molecule has 25 heavy (non-hydrogen) atoms. The standard InChI is InChI=1S/C18H20N2O4S/c1-11(2)19-16(21)12(3)24-18(23)13-6-4-7-14(10-13)20-17(22)15-8-5-9-25-15/h4-12H,1-3H3,(H,19,21)(H,20,22)/t12-/m1/s1. The lowest BCUT2D eigenvalue weighted by Crippen LogP contribution is -2.39. The highest BCUT2D eigenvalue weighted by atomic mass is 32.1. The molecule has 2 N–H and O–H groups in total. The van der Waals surface area contributed by atoms with Crippen molar-refractivity contribution < 1.29 is 19.1 Å². The number of nitrogens with one attached hydrogen (secondary N) is 2. The first-order valence-corrected chi connectivity index (χ1v) is 8.71. The summed E-state index contributed by atoms with van der Waals surface area (Å²) >= 11 is 1.33. The molecule has 0 aliphatic carbocycles. The number of hydrogen-bond acceptors (Lipinski definition) is 5. The Bertz CT molecular complexity index is 756. The third-order valence-electron chi connectivity index (χ3n) is 3.19. The molecule has 2 amide bonds. The monoisotopic (exact) mass is 360 g/mol. The van der Waals surface area contributed by atoms with Crippen molar-refractivity contribution in [3.63, 3.8) is 0 Å². The van der Waals surface area contributed by atoms with Gasteiger partial charge < -0.3 is 15.4 Å². The minimum absolute atomic E-state index is 0.0376. The van der Waals surface area contributed by atoms with Crippen LogP contribution in [0.5, 0.6) is 0 Å². The van der Waals surface area contributed by atoms with Gasteiger partial charge in [-0.2, -0.15) is 0 Å². The largest absolute Gasteiger partial charge is 0.449 e. The van der Waals surface area contributed by atoms with Crippen molar-refractivity contribution in [2.75, 3.05) is 5.32 Å². The predicted octanol–water partition coefficient (Wildman–Crippen LogP) is 3.07. The van der Waals surface area contributed by atoms with Crippen LogP contribution in [0.1, 0.15) is 40.8 Å². The Morgan fingerprint density at radius 3 is 2.48 bits per heavy atom. The van der Waals surface area contributed by atoms with Gasteiger partial charge >= 0.3 is 5.97 Å². The molecule has 0 saturated carbocycles. The van der Waals surface area contributed by atoms with Gasteiger partial charge in [0, 0.05) is 11.7 Å². The summed E-state index contributed by atoms with van der Waals surface area (Å²) in [6, 6.07) is 9.86. The number of carbonyl (C=O) groups is 3. The lowest BCUT2D eigenvalue weighted by molar-refractivity contribution is -0.129. The summed E-state index contributed by atoms with van der Waals surface area (Å²) in [6.07, 6.45) is -0.903. The van der Waals surface area contributed by atoms with Crippen LogP contribution < -0.4 is 10.6 Å². The van der Waals surface area contributed by atoms with Gasteiger partial charge in [-0.1, -0.05) is 12.1 Å². The van der Waals surface area contributed by atoms with E-state index in [0.717, 1.165) is 0 Å². The van der Waals surface area contributed by atoms with Crippen molar-refractivity contribution in [3.05, 3.63) is 52.2 Å². The third kappa shape index (κ3) is 5.42. The summed E-state index contributed by atoms with van der Waals surface area (Å²) in [7, 11) is 0. The van der Waals surface area contributed by atoms with Crippen LogP contribution in [0, 0.1) is 0 Å². The van der Waals surface area contributed by atoms with Crippen LogP contribution in [0.2, 0.25) is 0 Å². The number of ether oxygens (including phenoxy) is 1. The normalized spacial score (nSPS) is 11.7. The molecule has 1 heterocycles. The molecule has 1 atom stereocenters. The Hall–Kier alpha value is -2.67. The molecule has 0 radical (unpaired) electrons. The number of amides is 2. The summed E-state index contributed by atoms with van der Waals surface area (Å²) in [6.45, 7) is 5.16. The highest BCUT2D eigenvalue weighted by Gasteiger charge is 2.19. The maximum atomic E-state index is 12.2. The zero-order valence-electron chi connectivity index (χ0n) is 14.2. The van der Waals surface area contributed by atoms with E-state index < -0.39 is 12.1 Å². The first-order chi connectivity index (χ1) is 11.9. The molecule has 1 aromatic heterocycles. The molecule has 0 aliphatic rings. The summed E-state index contributed by atoms with van der Waals surface area (Å²) in [4.78, 5) is 36.7. The number of carbonyl (C=O) groups excluding carboxylic acids is 3. The van der Waals surface area contributed by atoms with Gasteiger partial charge in [-0.15, -0.1) is 11.3 Å². The van der Waals surface area contributed by atoms with E-state index in [9.17, 15) is 14.4 Å². The molecule has 0 bridgehead atoms. The van der Waals surface area contributed by atoms with Crippen molar-refractivity contribution >= 4 is 34.8 Å². The quantitative estimate of drug-likeness (QED) is 0.776. The molecule has 2 rings (SSSR count). The van der Waals surface area contributed by atoms with Gasteiger partial charge in [0.05, 0.1) is 10.4 Å². The van der Waals surface area contributed by atoms with Crippen LogP contribution in [0.25, 0.3) is 0 Å². The van der Waals surface area contributed by atoms with Gasteiger partial charge in [-0.05, 0) is 50.4 Å². The lowest BCUT2D eigenvalue weighted by atomic mass is 10.2. The molecule has 132 valence electrons. The van der Waals surface area contributed by atoms with Crippen molar-refractivity contribution in [1.29, 1.82) is 0 Å². The molecule has 0 aliphatic heterocycles. The Kier molecular flexibility index (Phi) is 6.30. The van der Waals surface area contributed by atoms with Crippen LogP contribution in [0.4, 0.5) is 5.69 Å². The predicted molar refractivity (Wildman–Crippen MR) is 96.9 cm³/mol. The number of benzene rings is 1. The number of esters is 1. The zero-order valence-corrected chi connectivity index (χ0v) is 15.1. The minimum Gasteiger partial charge on any atom is -0.449 e. The van der Waals surface area contributed by atoms with Crippen LogP contribution in [0.15, 0.2) is 41.8 Å². The molecule has 1 aromatic carbocycles. The van der Waals surface area contributed by atoms with Gasteiger partial charge in [-0.3, -0.25) is 9.59 Å². The van der Waals surface area contributed by atoms with E-state index in [1.54, 1.807) is 30.3 Å². The fourth-order valence-electron chi connectivity index (χ4n) is 2.01. The SMILES string of the molecule is CC(C)NC(=O)[C@@H](C)OC(=O)c1cccc(NC(=O)c2cccs2)c1. The topological polar surface area (TPSA) is 84.5 Å². The van der Waals surface area contributed by atoms with Crippen LogP contribution in [-0.2, 0) is 9.53 Å². The van der Waals surface area contributed by atoms with Gasteiger partial charge in [0.2, 0.25) is 0 Å². The summed E-state index contributed by atoms with van der Waals surface area (Å²) in [5.74, 6) is -1.23. The smallest absolute Gasteiger partial charge is 0.338 e. The Morgan fingerprint density at radius 1 is 1.08 bits per heavy atom. The molecule has 0 spiro atoms. The molecule has 2 aromatic rings. The number of thiophene rings is 1. The number of anilines is 1. The van der Waals surface area contributed by atoms with E-state index in [4.69, 9.17) is 4.74 Å². The zero-order chi connectivity index (χ0) is 18.4. The van der Waals surface area contributed by atoms with Crippen molar-refractivity contribution in [2.45, 2.75) is 32.9 Å². The van der Waals surface area contributed by atoms with Crippen molar-refractivity contribution in [3.8, 4) is 0 Å². The fraction of sp³-hybridized carbons (Fsp3) is 0.278. The second-order valence-corrected chi connectivity index (χ2v) is 6.67. The van der Waals surface area contributed by atoms with E-state index in [0.29, 0.717) is 10.6 Å². The number of hydrogen-bond donors (Lipinski definition) is 2. The van der Waals surface area contributed by atoms with Crippen molar-refractivity contribution in [1.82, 2.24) is 5.32 Å². The lowest BCUT2D eigenvalue weighted by Gasteiger charge is -2.15. The first kappa shape index (κ1) is 18.7. The van der Waals surface area contributed by atoms with E-state index in [1.807, 2.05) is 19.2 Å². The van der Waals surface area contributed by atoms with E-state index >= 15 is 0 Å². The molecule has 7 heteroatoms. The van der Waals surface area contributed by atoms with Crippen LogP contribution in [-0.4, -0.2) is 29.9 Å². The average molecular weight is 360 g/mol. The maximum Gasteiger partial charge on any atom is 0.338 e. The summed E-state index contributed by atoms with van der Waals surface area (Å²) in [5, 5.41) is 7.22. The van der Waals surface area contributed by atoms with E-state index in [-0.39, 0.29) is 23.4 Å². The van der Waals surface area contributed by atoms with Crippen LogP contribution >= 0.6 is 11.3 Å². The molecule has 0 unspecified atom stereocenters. The van der Waals surface area contributed by atoms with E-state index in [1.165, 1.54) is 24.3 Å². The maximum absolute atomic E-state index is 12.2. The molecule has 0 saturated heterocycles. The minimum atomic E-state index is -0.903. The highest BCUT2D eigenvalue weighted by molar-refractivity contribution is 7.12. The Labute approximate surface area is 150 Å². The first-order valence-electron chi connectivity index (χ1n) is 7.83. The Morgan fingerprint density at radius 2 is 1.84 bits per heavy atom. The Balaban J connectivity index is 2.01. The number of rotatable bonds is 6. The summed E-state index contributed by atoms with van der Waals surface area (Å²) in [5.41, 5.74) is 0.736. The summed E-state index contributed by atoms with van der Waals surface area (Å²) < 4.78 is 5.17. The highest BCUT2D eigenvalue weighted by Crippen LogP contribution is 2.16. The second kappa shape index (κ2) is 8.43. The molecular formula is C18H20N2O4S. The second-order valence-electron chi connectivity index (χ2n) is 5.72. The van der Waals surface area contributed by atoms with E-state index in [2.05, 4.69) is 10.6 Å². The molecular weight excluding hydrogens is 340 g/mol. The van der Waals surface area contributed by atoms with Crippen molar-refractivity contribution in [2.24, 2.45) is 0 Å². The fourth-order valence-corrected chi connectivity index (χ4v) is 2.63. The van der Waals surface area contributed by atoms with Gasteiger partial charge in [0.15, 0.2) is 6.10 Å². The van der Waals surface area contributed by atoms with Gasteiger partial charge in [-0.25, -0.2) is 4.79 Å². The molecule has 6 nitrogen and oxygen atoms in total. The van der Waals surface area contributed by atoms with Gasteiger partial charge in [0.1, 0.15) is 0 Å². The average Bonchev–Trinajstić information content (AvgIpc) is 3.09. The molecule has 0 fully saturated rings.